The van der Waals surface area contributed by atoms with Crippen molar-refractivity contribution in [2.24, 2.45) is 0 Å². The van der Waals surface area contributed by atoms with Gasteiger partial charge in [0, 0.05) is 6.20 Å². The number of halogens is 1. The second-order valence-electron chi connectivity index (χ2n) is 4.24. The van der Waals surface area contributed by atoms with Gasteiger partial charge in [0.15, 0.2) is 5.82 Å². The molecule has 21 heavy (non-hydrogen) atoms. The summed E-state index contributed by atoms with van der Waals surface area (Å²) in [6.45, 7) is 0. The van der Waals surface area contributed by atoms with Gasteiger partial charge in [0.05, 0.1) is 23.9 Å². The molecule has 3 aromatic rings. The number of carbonyl (C=O) groups excluding carboxylic acids is 1. The number of nitrogens with one attached hydrogen (secondary N) is 2. The molecular formula is C14H11ClN4O2. The number of hydrogen-bond donors (Lipinski definition) is 2. The Bertz CT molecular complexity index is 816. The average molecular weight is 303 g/mol. The van der Waals surface area contributed by atoms with Gasteiger partial charge in [-0.2, -0.15) is 4.98 Å². The van der Waals surface area contributed by atoms with Crippen molar-refractivity contribution < 1.29 is 9.53 Å². The van der Waals surface area contributed by atoms with Gasteiger partial charge in [-0.15, -0.1) is 0 Å². The molecule has 2 N–H and O–H groups in total. The normalized spacial score (nSPS) is 10.6. The lowest BCUT2D eigenvalue weighted by molar-refractivity contribution is 0.0602. The van der Waals surface area contributed by atoms with Gasteiger partial charge in [-0.1, -0.05) is 12.1 Å². The maximum absolute atomic E-state index is 11.8. The summed E-state index contributed by atoms with van der Waals surface area (Å²) in [5.41, 5.74) is 2.39. The zero-order valence-corrected chi connectivity index (χ0v) is 11.8. The molecular weight excluding hydrogens is 292 g/mol. The van der Waals surface area contributed by atoms with Gasteiger partial charge in [0.2, 0.25) is 5.28 Å². The van der Waals surface area contributed by atoms with Gasteiger partial charge in [0.1, 0.15) is 5.52 Å². The standard InChI is InChI=1S/C14H11ClN4O2/c1-21-13(20)8-4-2-3-5-9(8)17-12-11-10(6-7-16-11)18-14(15)19-12/h2-7,16H,1H3,(H,17,18,19). The zero-order valence-electron chi connectivity index (χ0n) is 11.1. The topological polar surface area (TPSA) is 79.9 Å². The van der Waals surface area contributed by atoms with Crippen molar-refractivity contribution in [3.8, 4) is 0 Å². The Morgan fingerprint density at radius 3 is 2.90 bits per heavy atom. The lowest BCUT2D eigenvalue weighted by atomic mass is 10.2. The Balaban J connectivity index is 2.07. The van der Waals surface area contributed by atoms with Crippen molar-refractivity contribution in [1.29, 1.82) is 0 Å². The number of fused-ring (bicyclic) bond motifs is 1. The average Bonchev–Trinajstić information content (AvgIpc) is 2.95. The van der Waals surface area contributed by atoms with E-state index in [-0.39, 0.29) is 5.28 Å². The third-order valence-electron chi connectivity index (χ3n) is 2.96. The molecule has 0 fully saturated rings. The van der Waals surface area contributed by atoms with E-state index in [0.29, 0.717) is 28.1 Å². The summed E-state index contributed by atoms with van der Waals surface area (Å²) in [5.74, 6) is 0.0623. The van der Waals surface area contributed by atoms with Crippen LogP contribution >= 0.6 is 11.6 Å². The van der Waals surface area contributed by atoms with Crippen LogP contribution in [0.2, 0.25) is 5.28 Å². The Morgan fingerprint density at radius 2 is 2.10 bits per heavy atom. The molecule has 6 nitrogen and oxygen atoms in total. The van der Waals surface area contributed by atoms with E-state index >= 15 is 0 Å². The molecule has 0 radical (unpaired) electrons. The Morgan fingerprint density at radius 1 is 1.29 bits per heavy atom. The maximum atomic E-state index is 11.8. The number of hydrogen-bond acceptors (Lipinski definition) is 5. The second kappa shape index (κ2) is 5.41. The molecule has 7 heteroatoms. The van der Waals surface area contributed by atoms with E-state index in [4.69, 9.17) is 16.3 Å². The number of ether oxygens (including phenoxy) is 1. The predicted octanol–water partition coefficient (Wildman–Crippen LogP) is 3.14. The number of carbonyl (C=O) groups is 1. The van der Waals surface area contributed by atoms with E-state index in [9.17, 15) is 4.79 Å². The van der Waals surface area contributed by atoms with Gasteiger partial charge in [-0.3, -0.25) is 0 Å². The molecule has 0 amide bonds. The third kappa shape index (κ3) is 2.53. The van der Waals surface area contributed by atoms with Crippen LogP contribution in [-0.4, -0.2) is 28.0 Å². The monoisotopic (exact) mass is 302 g/mol. The van der Waals surface area contributed by atoms with E-state index < -0.39 is 5.97 Å². The van der Waals surface area contributed by atoms with Gasteiger partial charge >= 0.3 is 5.97 Å². The fourth-order valence-corrected chi connectivity index (χ4v) is 2.19. The smallest absolute Gasteiger partial charge is 0.339 e. The molecule has 1 aromatic carbocycles. The van der Waals surface area contributed by atoms with Crippen LogP contribution in [0.3, 0.4) is 0 Å². The van der Waals surface area contributed by atoms with Crippen molar-refractivity contribution in [1.82, 2.24) is 15.0 Å². The van der Waals surface area contributed by atoms with Crippen molar-refractivity contribution in [3.63, 3.8) is 0 Å². The zero-order chi connectivity index (χ0) is 14.8. The van der Waals surface area contributed by atoms with Crippen molar-refractivity contribution in [2.45, 2.75) is 0 Å². The molecule has 2 heterocycles. The second-order valence-corrected chi connectivity index (χ2v) is 4.58. The first-order chi connectivity index (χ1) is 10.2. The summed E-state index contributed by atoms with van der Waals surface area (Å²) >= 11 is 5.91. The van der Waals surface area contributed by atoms with E-state index in [0.717, 1.165) is 0 Å². The van der Waals surface area contributed by atoms with Crippen LogP contribution in [0.25, 0.3) is 11.0 Å². The van der Waals surface area contributed by atoms with Crippen LogP contribution in [-0.2, 0) is 4.74 Å². The molecule has 0 bridgehead atoms. The first-order valence-electron chi connectivity index (χ1n) is 6.14. The number of aromatic amines is 1. The van der Waals surface area contributed by atoms with Crippen LogP contribution in [0.5, 0.6) is 0 Å². The van der Waals surface area contributed by atoms with Crippen LogP contribution in [0.15, 0.2) is 36.5 Å². The molecule has 3 rings (SSSR count). The lowest BCUT2D eigenvalue weighted by Crippen LogP contribution is -2.06. The lowest BCUT2D eigenvalue weighted by Gasteiger charge is -2.10. The highest BCUT2D eigenvalue weighted by atomic mass is 35.5. The number of aromatic nitrogens is 3. The molecule has 0 saturated carbocycles. The summed E-state index contributed by atoms with van der Waals surface area (Å²) in [5, 5.41) is 3.22. The number of benzene rings is 1. The summed E-state index contributed by atoms with van der Waals surface area (Å²) in [4.78, 5) is 23.1. The molecule has 0 aliphatic heterocycles. The molecule has 0 aliphatic carbocycles. The number of anilines is 2. The van der Waals surface area contributed by atoms with Crippen molar-refractivity contribution in [2.75, 3.05) is 12.4 Å². The number of H-pyrrole nitrogens is 1. The summed E-state index contributed by atoms with van der Waals surface area (Å²) in [7, 11) is 1.34. The molecule has 0 atom stereocenters. The number of para-hydroxylation sites is 1. The number of nitrogens with zero attached hydrogens (tertiary/aromatic N) is 2. The highest BCUT2D eigenvalue weighted by Gasteiger charge is 2.14. The molecule has 0 saturated heterocycles. The molecule has 0 aliphatic rings. The Labute approximate surface area is 125 Å². The first kappa shape index (κ1) is 13.4. The maximum Gasteiger partial charge on any atom is 0.339 e. The molecule has 2 aromatic heterocycles. The SMILES string of the molecule is COC(=O)c1ccccc1Nc1nc(Cl)nc2cc[nH]c12. The fraction of sp³-hybridized carbons (Fsp3) is 0.0714. The number of rotatable bonds is 3. The van der Waals surface area contributed by atoms with Gasteiger partial charge < -0.3 is 15.0 Å². The van der Waals surface area contributed by atoms with Crippen molar-refractivity contribution >= 4 is 40.1 Å². The van der Waals surface area contributed by atoms with Crippen LogP contribution < -0.4 is 5.32 Å². The van der Waals surface area contributed by atoms with E-state index in [1.165, 1.54) is 7.11 Å². The van der Waals surface area contributed by atoms with Gasteiger partial charge in [-0.05, 0) is 29.8 Å². The van der Waals surface area contributed by atoms with E-state index in [1.54, 1.807) is 30.5 Å². The highest BCUT2D eigenvalue weighted by Crippen LogP contribution is 2.26. The predicted molar refractivity (Wildman–Crippen MR) is 80.0 cm³/mol. The Kier molecular flexibility index (Phi) is 3.45. The highest BCUT2D eigenvalue weighted by molar-refractivity contribution is 6.28. The van der Waals surface area contributed by atoms with E-state index in [1.807, 2.05) is 6.07 Å². The Hall–Kier alpha value is -2.60. The molecule has 0 spiro atoms. The largest absolute Gasteiger partial charge is 0.465 e. The third-order valence-corrected chi connectivity index (χ3v) is 3.13. The van der Waals surface area contributed by atoms with Gasteiger partial charge in [-0.25, -0.2) is 9.78 Å². The minimum Gasteiger partial charge on any atom is -0.465 e. The minimum atomic E-state index is -0.430. The van der Waals surface area contributed by atoms with Crippen LogP contribution in [0.1, 0.15) is 10.4 Å². The fourth-order valence-electron chi connectivity index (χ4n) is 2.01. The summed E-state index contributed by atoms with van der Waals surface area (Å²) in [6, 6.07) is 8.79. The van der Waals surface area contributed by atoms with Gasteiger partial charge in [0.25, 0.3) is 0 Å². The van der Waals surface area contributed by atoms with Crippen molar-refractivity contribution in [3.05, 3.63) is 47.4 Å². The molecule has 106 valence electrons. The number of methoxy groups -OCH3 is 1. The first-order valence-corrected chi connectivity index (χ1v) is 6.52. The molecule has 0 unspecified atom stereocenters. The van der Waals surface area contributed by atoms with Crippen LogP contribution in [0.4, 0.5) is 11.5 Å². The summed E-state index contributed by atoms with van der Waals surface area (Å²) < 4.78 is 4.77. The quantitative estimate of drug-likeness (QED) is 0.574. The number of esters is 1. The van der Waals surface area contributed by atoms with E-state index in [2.05, 4.69) is 20.3 Å². The van der Waals surface area contributed by atoms with Crippen LogP contribution in [0, 0.1) is 0 Å². The summed E-state index contributed by atoms with van der Waals surface area (Å²) in [6.07, 6.45) is 1.74. The minimum absolute atomic E-state index is 0.125.